The maximum atomic E-state index is 6.07. The van der Waals surface area contributed by atoms with E-state index in [1.165, 1.54) is 0 Å². The summed E-state index contributed by atoms with van der Waals surface area (Å²) in [5.41, 5.74) is 13.7. The molecular weight excluding hydrogens is 240 g/mol. The fraction of sp³-hybridized carbons (Fsp3) is 0.600. The summed E-state index contributed by atoms with van der Waals surface area (Å²) in [4.78, 5) is 0. The first-order chi connectivity index (χ1) is 8.85. The standard InChI is InChI=1S/C15H26N2O2/c1-6-12(16)11-7-14(18-9(2)3)15(8-13(11)17)19-10(4)5/h7-10,12H,6,16-17H2,1-5H3. The zero-order chi connectivity index (χ0) is 14.6. The maximum Gasteiger partial charge on any atom is 0.163 e. The highest BCUT2D eigenvalue weighted by Gasteiger charge is 2.16. The number of nitrogen functional groups attached to an aromatic ring is 1. The molecule has 108 valence electrons. The zero-order valence-electron chi connectivity index (χ0n) is 12.6. The Kier molecular flexibility index (Phi) is 5.48. The third kappa shape index (κ3) is 4.31. The van der Waals surface area contributed by atoms with E-state index < -0.39 is 0 Å². The highest BCUT2D eigenvalue weighted by Crippen LogP contribution is 2.36. The minimum absolute atomic E-state index is 0.0691. The van der Waals surface area contributed by atoms with Crippen LogP contribution in [0.2, 0.25) is 0 Å². The van der Waals surface area contributed by atoms with Crippen LogP contribution in [0.25, 0.3) is 0 Å². The van der Waals surface area contributed by atoms with E-state index >= 15 is 0 Å². The molecule has 1 rings (SSSR count). The molecule has 4 heteroatoms. The van der Waals surface area contributed by atoms with Crippen molar-refractivity contribution in [3.8, 4) is 11.5 Å². The summed E-state index contributed by atoms with van der Waals surface area (Å²) in [7, 11) is 0. The van der Waals surface area contributed by atoms with Crippen LogP contribution in [0.4, 0.5) is 5.69 Å². The molecule has 0 heterocycles. The van der Waals surface area contributed by atoms with Gasteiger partial charge in [-0.2, -0.15) is 0 Å². The average Bonchev–Trinajstić information content (AvgIpc) is 2.30. The van der Waals surface area contributed by atoms with Crippen molar-refractivity contribution in [2.45, 2.75) is 59.3 Å². The summed E-state index contributed by atoms with van der Waals surface area (Å²) in [6.45, 7) is 9.94. The number of rotatable bonds is 6. The molecule has 4 nitrogen and oxygen atoms in total. The van der Waals surface area contributed by atoms with Gasteiger partial charge in [0.1, 0.15) is 0 Å². The van der Waals surface area contributed by atoms with E-state index in [2.05, 4.69) is 0 Å². The number of benzene rings is 1. The number of ether oxygens (including phenoxy) is 2. The lowest BCUT2D eigenvalue weighted by molar-refractivity contribution is 0.198. The molecular formula is C15H26N2O2. The van der Waals surface area contributed by atoms with Gasteiger partial charge in [-0.05, 0) is 45.7 Å². The van der Waals surface area contributed by atoms with Gasteiger partial charge in [0, 0.05) is 17.8 Å². The topological polar surface area (TPSA) is 70.5 Å². The summed E-state index contributed by atoms with van der Waals surface area (Å²) in [6, 6.07) is 3.63. The van der Waals surface area contributed by atoms with Gasteiger partial charge in [-0.15, -0.1) is 0 Å². The molecule has 0 aromatic heterocycles. The van der Waals surface area contributed by atoms with E-state index in [-0.39, 0.29) is 18.2 Å². The molecule has 0 saturated heterocycles. The van der Waals surface area contributed by atoms with Crippen molar-refractivity contribution in [3.05, 3.63) is 17.7 Å². The molecule has 0 fully saturated rings. The first-order valence-electron chi connectivity index (χ1n) is 6.87. The first-order valence-corrected chi connectivity index (χ1v) is 6.87. The number of hydrogen-bond acceptors (Lipinski definition) is 4. The molecule has 0 saturated carbocycles. The van der Waals surface area contributed by atoms with Crippen LogP contribution in [0.15, 0.2) is 12.1 Å². The van der Waals surface area contributed by atoms with Gasteiger partial charge >= 0.3 is 0 Å². The summed E-state index contributed by atoms with van der Waals surface area (Å²) in [5, 5.41) is 0. The minimum Gasteiger partial charge on any atom is -0.487 e. The van der Waals surface area contributed by atoms with Gasteiger partial charge in [-0.3, -0.25) is 0 Å². The average molecular weight is 266 g/mol. The largest absolute Gasteiger partial charge is 0.487 e. The fourth-order valence-corrected chi connectivity index (χ4v) is 1.82. The molecule has 1 aromatic carbocycles. The van der Waals surface area contributed by atoms with Crippen LogP contribution < -0.4 is 20.9 Å². The normalized spacial score (nSPS) is 12.8. The number of nitrogens with two attached hydrogens (primary N) is 2. The van der Waals surface area contributed by atoms with Crippen LogP contribution in [0.3, 0.4) is 0 Å². The smallest absolute Gasteiger partial charge is 0.163 e. The Morgan fingerprint density at radius 2 is 1.47 bits per heavy atom. The maximum absolute atomic E-state index is 6.07. The van der Waals surface area contributed by atoms with Crippen molar-refractivity contribution in [1.29, 1.82) is 0 Å². The summed E-state index contributed by atoms with van der Waals surface area (Å²) in [6.07, 6.45) is 0.971. The Hall–Kier alpha value is -1.42. The Morgan fingerprint density at radius 3 is 1.89 bits per heavy atom. The summed E-state index contributed by atoms with van der Waals surface area (Å²) >= 11 is 0. The van der Waals surface area contributed by atoms with E-state index in [1.54, 1.807) is 0 Å². The van der Waals surface area contributed by atoms with Gasteiger partial charge in [-0.25, -0.2) is 0 Å². The van der Waals surface area contributed by atoms with Crippen molar-refractivity contribution in [1.82, 2.24) is 0 Å². The van der Waals surface area contributed by atoms with Crippen LogP contribution in [0.5, 0.6) is 11.5 Å². The molecule has 19 heavy (non-hydrogen) atoms. The van der Waals surface area contributed by atoms with Crippen molar-refractivity contribution < 1.29 is 9.47 Å². The van der Waals surface area contributed by atoms with Crippen LogP contribution in [0, 0.1) is 0 Å². The van der Waals surface area contributed by atoms with E-state index in [1.807, 2.05) is 46.8 Å². The van der Waals surface area contributed by atoms with Crippen molar-refractivity contribution >= 4 is 5.69 Å². The van der Waals surface area contributed by atoms with Gasteiger partial charge < -0.3 is 20.9 Å². The molecule has 0 aliphatic heterocycles. The Morgan fingerprint density at radius 1 is 1.00 bits per heavy atom. The highest BCUT2D eigenvalue weighted by atomic mass is 16.5. The molecule has 0 radical (unpaired) electrons. The summed E-state index contributed by atoms with van der Waals surface area (Å²) < 4.78 is 11.6. The molecule has 0 amide bonds. The molecule has 1 aromatic rings. The van der Waals surface area contributed by atoms with Crippen molar-refractivity contribution in [3.63, 3.8) is 0 Å². The molecule has 4 N–H and O–H groups in total. The zero-order valence-corrected chi connectivity index (χ0v) is 12.6. The van der Waals surface area contributed by atoms with Gasteiger partial charge in [0.15, 0.2) is 11.5 Å². The second kappa shape index (κ2) is 6.66. The van der Waals surface area contributed by atoms with E-state index in [0.717, 1.165) is 12.0 Å². The van der Waals surface area contributed by atoms with Gasteiger partial charge in [0.2, 0.25) is 0 Å². The Bertz CT molecular complexity index is 417. The Labute approximate surface area is 116 Å². The third-order valence-electron chi connectivity index (χ3n) is 2.71. The van der Waals surface area contributed by atoms with Crippen molar-refractivity contribution in [2.75, 3.05) is 5.73 Å². The van der Waals surface area contributed by atoms with Crippen LogP contribution >= 0.6 is 0 Å². The van der Waals surface area contributed by atoms with Crippen molar-refractivity contribution in [2.24, 2.45) is 5.73 Å². The van der Waals surface area contributed by atoms with Crippen LogP contribution in [-0.2, 0) is 0 Å². The monoisotopic (exact) mass is 266 g/mol. The van der Waals surface area contributed by atoms with Crippen LogP contribution in [-0.4, -0.2) is 12.2 Å². The van der Waals surface area contributed by atoms with Crippen LogP contribution in [0.1, 0.15) is 52.6 Å². The lowest BCUT2D eigenvalue weighted by Crippen LogP contribution is -2.15. The number of anilines is 1. The van der Waals surface area contributed by atoms with E-state index in [9.17, 15) is 0 Å². The Balaban J connectivity index is 3.19. The third-order valence-corrected chi connectivity index (χ3v) is 2.71. The predicted octanol–water partition coefficient (Wildman–Crippen LogP) is 3.25. The second-order valence-electron chi connectivity index (χ2n) is 5.28. The van der Waals surface area contributed by atoms with E-state index in [0.29, 0.717) is 17.2 Å². The lowest BCUT2D eigenvalue weighted by atomic mass is 10.0. The molecule has 0 aliphatic carbocycles. The molecule has 1 unspecified atom stereocenters. The first kappa shape index (κ1) is 15.6. The molecule has 0 aliphatic rings. The fourth-order valence-electron chi connectivity index (χ4n) is 1.82. The van der Waals surface area contributed by atoms with Gasteiger partial charge in [0.25, 0.3) is 0 Å². The molecule has 1 atom stereocenters. The quantitative estimate of drug-likeness (QED) is 0.775. The summed E-state index contributed by atoms with van der Waals surface area (Å²) in [5.74, 6) is 1.38. The highest BCUT2D eigenvalue weighted by molar-refractivity contribution is 5.59. The SMILES string of the molecule is CCC(N)c1cc(OC(C)C)c(OC(C)C)cc1N. The van der Waals surface area contributed by atoms with Gasteiger partial charge in [0.05, 0.1) is 12.2 Å². The minimum atomic E-state index is -0.0809. The second-order valence-corrected chi connectivity index (χ2v) is 5.28. The number of hydrogen-bond donors (Lipinski definition) is 2. The predicted molar refractivity (Wildman–Crippen MR) is 79.6 cm³/mol. The molecule has 0 spiro atoms. The van der Waals surface area contributed by atoms with E-state index in [4.69, 9.17) is 20.9 Å². The lowest BCUT2D eigenvalue weighted by Gasteiger charge is -2.21. The molecule has 0 bridgehead atoms. The van der Waals surface area contributed by atoms with Gasteiger partial charge in [-0.1, -0.05) is 6.92 Å².